The van der Waals surface area contributed by atoms with Crippen molar-refractivity contribution < 1.29 is 5.11 Å². The Morgan fingerprint density at radius 3 is 3.25 bits per heavy atom. The van der Waals surface area contributed by atoms with Crippen molar-refractivity contribution in [3.8, 4) is 0 Å². The van der Waals surface area contributed by atoms with Crippen molar-refractivity contribution in [2.75, 3.05) is 13.6 Å². The molecule has 0 aromatic carbocycles. The van der Waals surface area contributed by atoms with Crippen molar-refractivity contribution >= 4 is 11.3 Å². The quantitative estimate of drug-likeness (QED) is 0.695. The molecule has 12 heavy (non-hydrogen) atoms. The van der Waals surface area contributed by atoms with Gasteiger partial charge in [0.15, 0.2) is 0 Å². The third-order valence-electron chi connectivity index (χ3n) is 2.10. The number of likely N-dealkylation sites (N-methyl/N-ethyl adjacent to an activating group) is 1. The number of hydrogen-bond acceptors (Lipinski definition) is 4. The van der Waals surface area contributed by atoms with E-state index in [4.69, 9.17) is 5.11 Å². The van der Waals surface area contributed by atoms with Crippen molar-refractivity contribution in [1.82, 2.24) is 9.88 Å². The van der Waals surface area contributed by atoms with Gasteiger partial charge in [0.25, 0.3) is 0 Å². The van der Waals surface area contributed by atoms with Gasteiger partial charge in [0, 0.05) is 18.0 Å². The lowest BCUT2D eigenvalue weighted by molar-refractivity contribution is 0.279. The number of aliphatic hydroxyl groups is 1. The summed E-state index contributed by atoms with van der Waals surface area (Å²) in [5.74, 6) is 0. The maximum absolute atomic E-state index is 8.89. The highest BCUT2D eigenvalue weighted by Crippen LogP contribution is 2.23. The third-order valence-corrected chi connectivity index (χ3v) is 3.24. The summed E-state index contributed by atoms with van der Waals surface area (Å²) in [6.45, 7) is 2.13. The predicted molar refractivity (Wildman–Crippen MR) is 48.1 cm³/mol. The largest absolute Gasteiger partial charge is 0.389 e. The van der Waals surface area contributed by atoms with Crippen molar-refractivity contribution in [3.63, 3.8) is 0 Å². The summed E-state index contributed by atoms with van der Waals surface area (Å²) < 4.78 is 0. The Kier molecular flexibility index (Phi) is 2.12. The minimum atomic E-state index is 0.0847. The van der Waals surface area contributed by atoms with E-state index in [0.717, 1.165) is 30.2 Å². The van der Waals surface area contributed by atoms with E-state index >= 15 is 0 Å². The Morgan fingerprint density at radius 2 is 2.50 bits per heavy atom. The number of rotatable bonds is 1. The molecule has 0 radical (unpaired) electrons. The molecule has 66 valence electrons. The minimum absolute atomic E-state index is 0.0847. The summed E-state index contributed by atoms with van der Waals surface area (Å²) in [6, 6.07) is 0. The molecule has 0 fully saturated rings. The van der Waals surface area contributed by atoms with Crippen LogP contribution in [0, 0.1) is 0 Å². The number of aliphatic hydroxyl groups excluding tert-OH is 1. The Morgan fingerprint density at radius 1 is 1.67 bits per heavy atom. The van der Waals surface area contributed by atoms with E-state index in [2.05, 4.69) is 16.9 Å². The van der Waals surface area contributed by atoms with E-state index in [1.54, 1.807) is 11.3 Å². The van der Waals surface area contributed by atoms with E-state index in [-0.39, 0.29) is 6.61 Å². The van der Waals surface area contributed by atoms with E-state index in [1.807, 2.05) is 0 Å². The van der Waals surface area contributed by atoms with Gasteiger partial charge in [0.2, 0.25) is 0 Å². The number of nitrogens with zero attached hydrogens (tertiary/aromatic N) is 2. The highest BCUT2D eigenvalue weighted by molar-refractivity contribution is 7.11. The van der Waals surface area contributed by atoms with Crippen molar-refractivity contribution in [2.24, 2.45) is 0 Å². The molecule has 0 unspecified atom stereocenters. The molecular formula is C8H12N2OS. The van der Waals surface area contributed by atoms with E-state index in [9.17, 15) is 0 Å². The van der Waals surface area contributed by atoms with E-state index in [0.29, 0.717) is 0 Å². The van der Waals surface area contributed by atoms with Crippen LogP contribution >= 0.6 is 11.3 Å². The highest BCUT2D eigenvalue weighted by atomic mass is 32.1. The van der Waals surface area contributed by atoms with Crippen LogP contribution in [0.15, 0.2) is 0 Å². The Bertz CT molecular complexity index is 285. The van der Waals surface area contributed by atoms with Gasteiger partial charge in [-0.25, -0.2) is 4.98 Å². The van der Waals surface area contributed by atoms with Crippen molar-refractivity contribution in [2.45, 2.75) is 19.6 Å². The molecule has 1 N–H and O–H groups in total. The maximum atomic E-state index is 8.89. The van der Waals surface area contributed by atoms with Crippen LogP contribution in [0.5, 0.6) is 0 Å². The molecule has 2 heterocycles. The van der Waals surface area contributed by atoms with Gasteiger partial charge in [-0.3, -0.25) is 0 Å². The van der Waals surface area contributed by atoms with Crippen LogP contribution in [-0.2, 0) is 19.6 Å². The second kappa shape index (κ2) is 3.12. The van der Waals surface area contributed by atoms with Crippen LogP contribution < -0.4 is 0 Å². The number of thiazole rings is 1. The first kappa shape index (κ1) is 8.16. The van der Waals surface area contributed by atoms with Crippen LogP contribution in [0.2, 0.25) is 0 Å². The predicted octanol–water partition coefficient (Wildman–Crippen LogP) is 0.623. The standard InChI is InChI=1S/C8H12N2OS/c1-10-3-2-7-6(4-10)9-8(5-11)12-7/h11H,2-5H2,1H3. The summed E-state index contributed by atoms with van der Waals surface area (Å²) in [5.41, 5.74) is 1.16. The summed E-state index contributed by atoms with van der Waals surface area (Å²) in [5, 5.41) is 9.74. The zero-order valence-electron chi connectivity index (χ0n) is 7.08. The van der Waals surface area contributed by atoms with Gasteiger partial charge >= 0.3 is 0 Å². The Labute approximate surface area is 75.7 Å². The fourth-order valence-corrected chi connectivity index (χ4v) is 2.38. The average Bonchev–Trinajstić information content (AvgIpc) is 2.46. The smallest absolute Gasteiger partial charge is 0.119 e. The summed E-state index contributed by atoms with van der Waals surface area (Å²) in [6.07, 6.45) is 1.09. The van der Waals surface area contributed by atoms with Crippen LogP contribution in [0.4, 0.5) is 0 Å². The van der Waals surface area contributed by atoms with Gasteiger partial charge in [-0.15, -0.1) is 11.3 Å². The summed E-state index contributed by atoms with van der Waals surface area (Å²) in [7, 11) is 2.10. The second-order valence-corrected chi connectivity index (χ2v) is 4.29. The molecule has 0 saturated carbocycles. The monoisotopic (exact) mass is 184 g/mol. The fourth-order valence-electron chi connectivity index (χ4n) is 1.45. The molecule has 1 aliphatic heterocycles. The van der Waals surface area contributed by atoms with Gasteiger partial charge in [0.05, 0.1) is 12.3 Å². The van der Waals surface area contributed by atoms with E-state index in [1.165, 1.54) is 4.88 Å². The third kappa shape index (κ3) is 1.37. The average molecular weight is 184 g/mol. The van der Waals surface area contributed by atoms with Crippen LogP contribution in [-0.4, -0.2) is 28.6 Å². The molecule has 0 bridgehead atoms. The SMILES string of the molecule is CN1CCc2sc(CO)nc2C1. The summed E-state index contributed by atoms with van der Waals surface area (Å²) >= 11 is 1.65. The number of hydrogen-bond donors (Lipinski definition) is 1. The number of aromatic nitrogens is 1. The molecular weight excluding hydrogens is 172 g/mol. The molecule has 4 heteroatoms. The molecule has 3 nitrogen and oxygen atoms in total. The molecule has 0 atom stereocenters. The first-order chi connectivity index (χ1) is 5.79. The Balaban J connectivity index is 2.28. The lowest BCUT2D eigenvalue weighted by Crippen LogP contribution is -2.25. The normalized spacial score (nSPS) is 17.8. The zero-order valence-corrected chi connectivity index (χ0v) is 7.89. The first-order valence-corrected chi connectivity index (χ1v) is 4.88. The van der Waals surface area contributed by atoms with Gasteiger partial charge < -0.3 is 10.0 Å². The highest BCUT2D eigenvalue weighted by Gasteiger charge is 2.17. The molecule has 2 rings (SSSR count). The van der Waals surface area contributed by atoms with Crippen LogP contribution in [0.1, 0.15) is 15.6 Å². The summed E-state index contributed by atoms with van der Waals surface area (Å²) in [4.78, 5) is 7.96. The fraction of sp³-hybridized carbons (Fsp3) is 0.625. The lowest BCUT2D eigenvalue weighted by atomic mass is 10.2. The van der Waals surface area contributed by atoms with Gasteiger partial charge in [-0.05, 0) is 13.5 Å². The van der Waals surface area contributed by atoms with Crippen molar-refractivity contribution in [1.29, 1.82) is 0 Å². The Hall–Kier alpha value is -0.450. The van der Waals surface area contributed by atoms with Gasteiger partial charge in [-0.2, -0.15) is 0 Å². The van der Waals surface area contributed by atoms with E-state index < -0.39 is 0 Å². The van der Waals surface area contributed by atoms with Crippen LogP contribution in [0.25, 0.3) is 0 Å². The van der Waals surface area contributed by atoms with Gasteiger partial charge in [-0.1, -0.05) is 0 Å². The molecule has 0 aliphatic carbocycles. The van der Waals surface area contributed by atoms with Crippen molar-refractivity contribution in [3.05, 3.63) is 15.6 Å². The molecule has 1 aromatic rings. The second-order valence-electron chi connectivity index (χ2n) is 3.12. The molecule has 0 saturated heterocycles. The van der Waals surface area contributed by atoms with Crippen LogP contribution in [0.3, 0.4) is 0 Å². The lowest BCUT2D eigenvalue weighted by Gasteiger charge is -2.20. The number of fused-ring (bicyclic) bond motifs is 1. The maximum Gasteiger partial charge on any atom is 0.119 e. The molecule has 0 amide bonds. The zero-order chi connectivity index (χ0) is 8.55. The first-order valence-electron chi connectivity index (χ1n) is 4.06. The molecule has 0 spiro atoms. The molecule has 1 aromatic heterocycles. The molecule has 1 aliphatic rings. The minimum Gasteiger partial charge on any atom is -0.389 e. The topological polar surface area (TPSA) is 36.4 Å². The van der Waals surface area contributed by atoms with Gasteiger partial charge in [0.1, 0.15) is 5.01 Å².